The summed E-state index contributed by atoms with van der Waals surface area (Å²) in [6.07, 6.45) is 5.68. The van der Waals surface area contributed by atoms with Gasteiger partial charge in [-0.2, -0.15) is 0 Å². The second-order valence-corrected chi connectivity index (χ2v) is 6.36. The van der Waals surface area contributed by atoms with E-state index in [9.17, 15) is 4.39 Å². The Morgan fingerprint density at radius 2 is 1.89 bits per heavy atom. The first-order valence-electron chi connectivity index (χ1n) is 8.32. The molecule has 0 atom stereocenters. The van der Waals surface area contributed by atoms with Crippen LogP contribution in [-0.4, -0.2) is 32.0 Å². The van der Waals surface area contributed by atoms with E-state index in [-0.39, 0.29) is 5.02 Å². The van der Waals surface area contributed by atoms with Crippen LogP contribution in [0.3, 0.4) is 0 Å². The summed E-state index contributed by atoms with van der Waals surface area (Å²) >= 11 is 5.98. The molecule has 0 unspecified atom stereocenters. The van der Waals surface area contributed by atoms with E-state index in [0.717, 1.165) is 22.8 Å². The van der Waals surface area contributed by atoms with Crippen LogP contribution in [-0.2, 0) is 0 Å². The Balaban J connectivity index is 1.75. The summed E-state index contributed by atoms with van der Waals surface area (Å²) in [5.41, 5.74) is 2.62. The van der Waals surface area contributed by atoms with Gasteiger partial charge in [0.1, 0.15) is 11.6 Å². The number of hydrazine groups is 1. The van der Waals surface area contributed by atoms with E-state index in [4.69, 9.17) is 21.1 Å². The van der Waals surface area contributed by atoms with Crippen molar-refractivity contribution >= 4 is 29.2 Å². The lowest BCUT2D eigenvalue weighted by Gasteiger charge is -2.35. The molecule has 0 bridgehead atoms. The predicted molar refractivity (Wildman–Crippen MR) is 105 cm³/mol. The largest absolute Gasteiger partial charge is 0.493 e. The van der Waals surface area contributed by atoms with E-state index in [1.807, 2.05) is 40.4 Å². The van der Waals surface area contributed by atoms with E-state index in [1.165, 1.54) is 6.07 Å². The Morgan fingerprint density at radius 3 is 2.63 bits per heavy atom. The highest BCUT2D eigenvalue weighted by atomic mass is 35.5. The first-order chi connectivity index (χ1) is 13.1. The number of ether oxygens (including phenoxy) is 2. The van der Waals surface area contributed by atoms with Crippen LogP contribution in [0, 0.1) is 5.82 Å². The van der Waals surface area contributed by atoms with Crippen molar-refractivity contribution in [2.75, 3.05) is 25.8 Å². The van der Waals surface area contributed by atoms with Gasteiger partial charge in [-0.25, -0.2) is 14.4 Å². The molecule has 0 saturated carbocycles. The highest BCUT2D eigenvalue weighted by Gasteiger charge is 2.30. The number of halogens is 2. The second-order valence-electron chi connectivity index (χ2n) is 5.95. The van der Waals surface area contributed by atoms with Gasteiger partial charge in [-0.05, 0) is 48.6 Å². The molecule has 2 aromatic rings. The van der Waals surface area contributed by atoms with Crippen LogP contribution in [0.15, 0.2) is 59.4 Å². The Labute approximate surface area is 161 Å². The van der Waals surface area contributed by atoms with Crippen molar-refractivity contribution in [1.29, 1.82) is 0 Å². The van der Waals surface area contributed by atoms with Crippen LogP contribution in [0.1, 0.15) is 5.56 Å². The van der Waals surface area contributed by atoms with Crippen molar-refractivity contribution < 1.29 is 13.9 Å². The summed E-state index contributed by atoms with van der Waals surface area (Å²) in [4.78, 5) is 4.44. The molecule has 2 heterocycles. The number of anilines is 1. The third-order valence-corrected chi connectivity index (χ3v) is 4.74. The minimum atomic E-state index is -0.444. The zero-order valence-electron chi connectivity index (χ0n) is 14.8. The highest BCUT2D eigenvalue weighted by Crippen LogP contribution is 2.38. The van der Waals surface area contributed by atoms with Crippen LogP contribution in [0.2, 0.25) is 5.02 Å². The Hall–Kier alpha value is -2.99. The van der Waals surface area contributed by atoms with Crippen LogP contribution in [0.4, 0.5) is 10.1 Å². The van der Waals surface area contributed by atoms with Crippen LogP contribution >= 0.6 is 11.6 Å². The SMILES string of the molecule is COc1ccc(C2=CC=NC3=CCN(c4ccc(F)c(Cl)c4)N32)cc1OC. The number of fused-ring (bicyclic) bond motifs is 1. The number of methoxy groups -OCH3 is 2. The quantitative estimate of drug-likeness (QED) is 0.776. The second kappa shape index (κ2) is 6.96. The van der Waals surface area contributed by atoms with Crippen molar-refractivity contribution in [1.82, 2.24) is 5.01 Å². The van der Waals surface area contributed by atoms with Crippen LogP contribution in [0.25, 0.3) is 5.70 Å². The first kappa shape index (κ1) is 17.4. The molecule has 0 amide bonds. The molecule has 2 aliphatic heterocycles. The van der Waals surface area contributed by atoms with Crippen molar-refractivity contribution in [2.45, 2.75) is 0 Å². The smallest absolute Gasteiger partial charge is 0.161 e. The zero-order valence-corrected chi connectivity index (χ0v) is 15.6. The van der Waals surface area contributed by atoms with Crippen LogP contribution < -0.4 is 14.5 Å². The molecule has 0 saturated heterocycles. The lowest BCUT2D eigenvalue weighted by atomic mass is 10.1. The summed E-state index contributed by atoms with van der Waals surface area (Å²) in [6.45, 7) is 0.596. The van der Waals surface area contributed by atoms with Crippen molar-refractivity contribution in [3.05, 3.63) is 70.8 Å². The van der Waals surface area contributed by atoms with Gasteiger partial charge in [0.25, 0.3) is 0 Å². The molecule has 0 N–H and O–H groups in total. The van der Waals surface area contributed by atoms with Gasteiger partial charge in [0.05, 0.1) is 37.2 Å². The fourth-order valence-corrected chi connectivity index (χ4v) is 3.33. The summed E-state index contributed by atoms with van der Waals surface area (Å²) < 4.78 is 24.3. The van der Waals surface area contributed by atoms with Gasteiger partial charge < -0.3 is 9.47 Å². The van der Waals surface area contributed by atoms with Gasteiger partial charge in [0.2, 0.25) is 0 Å². The highest BCUT2D eigenvalue weighted by molar-refractivity contribution is 6.31. The van der Waals surface area contributed by atoms with Gasteiger partial charge in [0.15, 0.2) is 11.5 Å². The number of nitrogens with zero attached hydrogens (tertiary/aromatic N) is 3. The summed E-state index contributed by atoms with van der Waals surface area (Å²) in [5.74, 6) is 1.65. The lowest BCUT2D eigenvalue weighted by molar-refractivity contribution is 0.354. The predicted octanol–water partition coefficient (Wildman–Crippen LogP) is 4.50. The minimum absolute atomic E-state index is 0.0816. The normalized spacial score (nSPS) is 15.4. The van der Waals surface area contributed by atoms with Gasteiger partial charge in [0, 0.05) is 11.8 Å². The number of benzene rings is 2. The molecule has 27 heavy (non-hydrogen) atoms. The Kier molecular flexibility index (Phi) is 4.49. The minimum Gasteiger partial charge on any atom is -0.493 e. The molecule has 5 nitrogen and oxygen atoms in total. The van der Waals surface area contributed by atoms with Crippen molar-refractivity contribution in [2.24, 2.45) is 4.99 Å². The average molecular weight is 386 g/mol. The number of rotatable bonds is 4. The third kappa shape index (κ3) is 3.02. The van der Waals surface area contributed by atoms with E-state index in [2.05, 4.69) is 4.99 Å². The zero-order chi connectivity index (χ0) is 19.0. The Morgan fingerprint density at radius 1 is 1.07 bits per heavy atom. The molecule has 0 radical (unpaired) electrons. The maximum atomic E-state index is 13.6. The van der Waals surface area contributed by atoms with E-state index >= 15 is 0 Å². The van der Waals surface area contributed by atoms with Crippen molar-refractivity contribution in [3.8, 4) is 11.5 Å². The Bertz CT molecular complexity index is 987. The standard InChI is InChI=1S/C20H17ClFN3O2/c1-26-18-6-3-13(11-19(18)27-2)17-7-9-23-20-8-10-24(25(17)20)14-4-5-16(22)15(21)12-14/h3-9,11-12H,10H2,1-2H3. The van der Waals surface area contributed by atoms with Crippen molar-refractivity contribution in [3.63, 3.8) is 0 Å². The fraction of sp³-hybridized carbons (Fsp3) is 0.150. The van der Waals surface area contributed by atoms with E-state index < -0.39 is 5.82 Å². The maximum absolute atomic E-state index is 13.6. The molecule has 4 rings (SSSR count). The molecule has 0 spiro atoms. The maximum Gasteiger partial charge on any atom is 0.161 e. The molecular formula is C20H17ClFN3O2. The van der Waals surface area contributed by atoms with E-state index in [1.54, 1.807) is 32.6 Å². The molecule has 2 aliphatic rings. The number of hydrogen-bond acceptors (Lipinski definition) is 5. The van der Waals surface area contributed by atoms with Gasteiger partial charge >= 0.3 is 0 Å². The average Bonchev–Trinajstić information content (AvgIpc) is 3.13. The van der Waals surface area contributed by atoms with Crippen LogP contribution in [0.5, 0.6) is 11.5 Å². The molecule has 138 valence electrons. The molecule has 0 aromatic heterocycles. The molecule has 0 aliphatic carbocycles. The van der Waals surface area contributed by atoms with Gasteiger partial charge in [-0.15, -0.1) is 0 Å². The van der Waals surface area contributed by atoms with E-state index in [0.29, 0.717) is 18.0 Å². The van der Waals surface area contributed by atoms with Gasteiger partial charge in [-0.1, -0.05) is 11.6 Å². The molecule has 7 heteroatoms. The molecule has 0 fully saturated rings. The molecular weight excluding hydrogens is 369 g/mol. The molecule has 2 aromatic carbocycles. The fourth-order valence-electron chi connectivity index (χ4n) is 3.16. The number of aliphatic imine (C=N–C) groups is 1. The summed E-state index contributed by atoms with van der Waals surface area (Å²) in [7, 11) is 3.21. The number of allylic oxidation sites excluding steroid dienone is 1. The first-order valence-corrected chi connectivity index (χ1v) is 8.69. The van der Waals surface area contributed by atoms with Gasteiger partial charge in [-0.3, -0.25) is 5.01 Å². The summed E-state index contributed by atoms with van der Waals surface area (Å²) in [6, 6.07) is 10.4. The lowest BCUT2D eigenvalue weighted by Crippen LogP contribution is -2.37. The topological polar surface area (TPSA) is 37.3 Å². The third-order valence-electron chi connectivity index (χ3n) is 4.45. The number of hydrogen-bond donors (Lipinski definition) is 0. The summed E-state index contributed by atoms with van der Waals surface area (Å²) in [5, 5.41) is 4.04. The monoisotopic (exact) mass is 385 g/mol.